The van der Waals surface area contributed by atoms with Crippen LogP contribution in [0.25, 0.3) is 0 Å². The summed E-state index contributed by atoms with van der Waals surface area (Å²) in [4.78, 5) is 1.03. The first-order chi connectivity index (χ1) is 12.8. The molecule has 1 saturated carbocycles. The lowest BCUT2D eigenvalue weighted by atomic mass is 9.96. The minimum atomic E-state index is -5.41. The van der Waals surface area contributed by atoms with Crippen molar-refractivity contribution in [3.8, 4) is 0 Å². The molecule has 1 atom stereocenters. The summed E-state index contributed by atoms with van der Waals surface area (Å²) in [5, 5.41) is 8.22. The molecule has 10 heteroatoms. The predicted octanol–water partition coefficient (Wildman–Crippen LogP) is 3.29. The molecule has 2 heterocycles. The molecule has 0 N–H and O–H groups in total. The number of hydrogen-bond acceptors (Lipinski definition) is 5. The van der Waals surface area contributed by atoms with Crippen LogP contribution in [0.5, 0.6) is 0 Å². The van der Waals surface area contributed by atoms with Gasteiger partial charge in [-0.05, 0) is 37.8 Å². The van der Waals surface area contributed by atoms with Crippen molar-refractivity contribution in [1.82, 2.24) is 14.8 Å². The smallest absolute Gasteiger partial charge is 0.370 e. The van der Waals surface area contributed by atoms with E-state index in [1.165, 1.54) is 12.1 Å². The Morgan fingerprint density at radius 3 is 2.56 bits per heavy atom. The van der Waals surface area contributed by atoms with Crippen LogP contribution in [-0.4, -0.2) is 41.8 Å². The summed E-state index contributed by atoms with van der Waals surface area (Å²) >= 11 is 0. The van der Waals surface area contributed by atoms with E-state index in [2.05, 4.69) is 10.2 Å². The maximum absolute atomic E-state index is 13.1. The second kappa shape index (κ2) is 6.50. The van der Waals surface area contributed by atoms with Crippen molar-refractivity contribution < 1.29 is 21.6 Å². The topological polar surface area (TPSA) is 68.1 Å². The lowest BCUT2D eigenvalue weighted by Gasteiger charge is -2.35. The monoisotopic (exact) mass is 400 g/mol. The lowest BCUT2D eigenvalue weighted by Crippen LogP contribution is -2.37. The highest BCUT2D eigenvalue weighted by molar-refractivity contribution is 7.92. The average Bonchev–Trinajstić information content (AvgIpc) is 3.37. The minimum Gasteiger partial charge on any atom is -0.370 e. The van der Waals surface area contributed by atoms with Crippen molar-refractivity contribution in [2.45, 2.75) is 48.0 Å². The number of rotatable bonds is 4. The zero-order chi connectivity index (χ0) is 19.2. The highest BCUT2D eigenvalue weighted by Crippen LogP contribution is 2.40. The number of para-hydroxylation sites is 1. The number of alkyl halides is 3. The Morgan fingerprint density at radius 2 is 1.85 bits per heavy atom. The quantitative estimate of drug-likeness (QED) is 0.788. The van der Waals surface area contributed by atoms with E-state index in [0.717, 1.165) is 37.6 Å². The summed E-state index contributed by atoms with van der Waals surface area (Å²) < 4.78 is 65.3. The maximum Gasteiger partial charge on any atom is 0.501 e. The van der Waals surface area contributed by atoms with Crippen LogP contribution >= 0.6 is 0 Å². The Morgan fingerprint density at radius 1 is 1.11 bits per heavy atom. The molecule has 1 saturated heterocycles. The first-order valence-electron chi connectivity index (χ1n) is 8.84. The van der Waals surface area contributed by atoms with Crippen molar-refractivity contribution in [2.75, 3.05) is 18.0 Å². The normalized spacial score (nSPS) is 21.4. The third-order valence-electron chi connectivity index (χ3n) is 5.13. The Bertz CT molecular complexity index is 938. The molecule has 4 rings (SSSR count). The van der Waals surface area contributed by atoms with E-state index in [4.69, 9.17) is 0 Å². The number of sulfone groups is 1. The largest absolute Gasteiger partial charge is 0.501 e. The van der Waals surface area contributed by atoms with Gasteiger partial charge in [-0.15, -0.1) is 10.2 Å². The molecule has 1 aromatic heterocycles. The average molecular weight is 400 g/mol. The van der Waals surface area contributed by atoms with Crippen molar-refractivity contribution in [1.29, 1.82) is 0 Å². The fraction of sp³-hybridized carbons (Fsp3) is 0.529. The zero-order valence-electron chi connectivity index (χ0n) is 14.4. The number of halogens is 3. The van der Waals surface area contributed by atoms with E-state index in [9.17, 15) is 21.6 Å². The van der Waals surface area contributed by atoms with E-state index in [1.54, 1.807) is 17.3 Å². The molecule has 146 valence electrons. The van der Waals surface area contributed by atoms with Gasteiger partial charge < -0.3 is 9.47 Å². The number of anilines is 1. The van der Waals surface area contributed by atoms with Gasteiger partial charge in [-0.2, -0.15) is 13.2 Å². The molecule has 1 aromatic carbocycles. The van der Waals surface area contributed by atoms with Gasteiger partial charge in [0.1, 0.15) is 12.2 Å². The van der Waals surface area contributed by atoms with Crippen LogP contribution < -0.4 is 4.90 Å². The van der Waals surface area contributed by atoms with Crippen LogP contribution in [-0.2, 0) is 9.84 Å². The third-order valence-corrected chi connectivity index (χ3v) is 6.66. The fourth-order valence-electron chi connectivity index (χ4n) is 3.65. The van der Waals surface area contributed by atoms with E-state index in [1.807, 2.05) is 4.57 Å². The summed E-state index contributed by atoms with van der Waals surface area (Å²) in [5.74, 6) is 0.835. The van der Waals surface area contributed by atoms with Gasteiger partial charge in [0.2, 0.25) is 0 Å². The number of nitrogens with zero attached hydrogens (tertiary/aromatic N) is 4. The summed E-state index contributed by atoms with van der Waals surface area (Å²) in [7, 11) is -5.41. The molecule has 1 unspecified atom stereocenters. The predicted molar refractivity (Wildman–Crippen MR) is 92.2 cm³/mol. The van der Waals surface area contributed by atoms with Crippen LogP contribution in [0.15, 0.2) is 35.5 Å². The zero-order valence-corrected chi connectivity index (χ0v) is 15.2. The van der Waals surface area contributed by atoms with Crippen molar-refractivity contribution in [3.05, 3.63) is 36.4 Å². The van der Waals surface area contributed by atoms with Gasteiger partial charge in [-0.1, -0.05) is 12.1 Å². The maximum atomic E-state index is 13.1. The molecular weight excluding hydrogens is 381 g/mol. The SMILES string of the molecule is O=S(=O)(c1ccccc1N1CCCC(c2nncn2C2CC2)C1)C(F)(F)F. The fourth-order valence-corrected chi connectivity index (χ4v) is 4.63. The number of benzene rings is 1. The molecule has 2 fully saturated rings. The van der Waals surface area contributed by atoms with Crippen LogP contribution in [0, 0.1) is 0 Å². The standard InChI is InChI=1S/C17H19F3N4O2S/c18-17(19,20)27(25,26)15-6-2-1-5-14(15)23-9-3-4-12(10-23)16-22-21-11-24(16)13-7-8-13/h1-2,5-6,11-13H,3-4,7-10H2. The van der Waals surface area contributed by atoms with Crippen molar-refractivity contribution in [2.24, 2.45) is 0 Å². The molecule has 1 aliphatic heterocycles. The van der Waals surface area contributed by atoms with Gasteiger partial charge in [-0.25, -0.2) is 8.42 Å². The highest BCUT2D eigenvalue weighted by Gasteiger charge is 2.48. The van der Waals surface area contributed by atoms with Gasteiger partial charge in [0, 0.05) is 25.0 Å². The van der Waals surface area contributed by atoms with E-state index < -0.39 is 20.2 Å². The number of piperidine rings is 1. The first-order valence-corrected chi connectivity index (χ1v) is 10.3. The first kappa shape index (κ1) is 18.3. The van der Waals surface area contributed by atoms with Gasteiger partial charge in [0.25, 0.3) is 9.84 Å². The van der Waals surface area contributed by atoms with Crippen molar-refractivity contribution >= 4 is 15.5 Å². The minimum absolute atomic E-state index is 0.00324. The van der Waals surface area contributed by atoms with Crippen LogP contribution in [0.2, 0.25) is 0 Å². The molecule has 0 bridgehead atoms. The Balaban J connectivity index is 1.65. The third kappa shape index (κ3) is 3.30. The van der Waals surface area contributed by atoms with Crippen LogP contribution in [0.1, 0.15) is 43.5 Å². The molecule has 0 spiro atoms. The molecule has 0 amide bonds. The molecule has 2 aliphatic rings. The molecule has 6 nitrogen and oxygen atoms in total. The van der Waals surface area contributed by atoms with Crippen molar-refractivity contribution in [3.63, 3.8) is 0 Å². The summed E-state index contributed by atoms with van der Waals surface area (Å²) in [5.41, 5.74) is -5.23. The molecule has 1 aliphatic carbocycles. The Kier molecular flexibility index (Phi) is 4.40. The number of aromatic nitrogens is 3. The molecule has 2 aromatic rings. The molecule has 0 radical (unpaired) electrons. The summed E-state index contributed by atoms with van der Waals surface area (Å²) in [6.45, 7) is 0.911. The lowest BCUT2D eigenvalue weighted by molar-refractivity contribution is -0.0435. The summed E-state index contributed by atoms with van der Waals surface area (Å²) in [6, 6.07) is 5.73. The van der Waals surface area contributed by atoms with Gasteiger partial charge in [0.15, 0.2) is 0 Å². The van der Waals surface area contributed by atoms with Gasteiger partial charge in [0.05, 0.1) is 10.6 Å². The number of hydrogen-bond donors (Lipinski definition) is 0. The second-order valence-electron chi connectivity index (χ2n) is 7.03. The summed E-state index contributed by atoms with van der Waals surface area (Å²) in [6.07, 6.45) is 5.44. The molecular formula is C17H19F3N4O2S. The Hall–Kier alpha value is -2.10. The van der Waals surface area contributed by atoms with E-state index in [-0.39, 0.29) is 11.6 Å². The molecule has 27 heavy (non-hydrogen) atoms. The van der Waals surface area contributed by atoms with Gasteiger partial charge in [-0.3, -0.25) is 0 Å². The van der Waals surface area contributed by atoms with Crippen LogP contribution in [0.4, 0.5) is 18.9 Å². The van der Waals surface area contributed by atoms with Crippen LogP contribution in [0.3, 0.4) is 0 Å². The van der Waals surface area contributed by atoms with Gasteiger partial charge >= 0.3 is 5.51 Å². The second-order valence-corrected chi connectivity index (χ2v) is 8.94. The highest BCUT2D eigenvalue weighted by atomic mass is 32.2. The van der Waals surface area contributed by atoms with E-state index >= 15 is 0 Å². The van der Waals surface area contributed by atoms with E-state index in [0.29, 0.717) is 19.1 Å². The Labute approximate surface area is 154 Å².